The van der Waals surface area contributed by atoms with Gasteiger partial charge in [-0.3, -0.25) is 0 Å². The van der Waals surface area contributed by atoms with E-state index < -0.39 is 10.0 Å². The number of sulfonamides is 1. The van der Waals surface area contributed by atoms with Gasteiger partial charge in [-0.15, -0.1) is 0 Å². The quantitative estimate of drug-likeness (QED) is 0.764. The van der Waals surface area contributed by atoms with Gasteiger partial charge in [-0.2, -0.15) is 0 Å². The number of quaternary nitrogens is 1. The number of halogens is 1. The van der Waals surface area contributed by atoms with E-state index in [0.29, 0.717) is 0 Å². The Morgan fingerprint density at radius 1 is 1.08 bits per heavy atom. The standard InChI is InChI=1S/C18H24ClN3O2S/c1-21(2)15-11-9-14(10-12-15)17(22(3)4)13-20-25(23,24)18-8-6-5-7-16(18)19/h5-12,17,20H,13H2,1-4H3/p+1/t17-/m0/s1. The Bertz CT molecular complexity index is 805. The lowest BCUT2D eigenvalue weighted by molar-refractivity contribution is -0.890. The average Bonchev–Trinajstić information content (AvgIpc) is 2.55. The summed E-state index contributed by atoms with van der Waals surface area (Å²) in [4.78, 5) is 3.27. The topological polar surface area (TPSA) is 53.9 Å². The van der Waals surface area contributed by atoms with Crippen molar-refractivity contribution in [2.45, 2.75) is 10.9 Å². The molecule has 2 aromatic carbocycles. The van der Waals surface area contributed by atoms with Crippen LogP contribution in [0.2, 0.25) is 5.02 Å². The fourth-order valence-electron chi connectivity index (χ4n) is 2.59. The molecule has 0 bridgehead atoms. The molecule has 0 saturated heterocycles. The number of hydrogen-bond donors (Lipinski definition) is 2. The van der Waals surface area contributed by atoms with Crippen molar-refractivity contribution in [3.63, 3.8) is 0 Å². The molecule has 0 spiro atoms. The SMILES string of the molecule is CN(C)c1ccc([C@H](CNS(=O)(=O)c2ccccc2Cl)[NH+](C)C)cc1. The van der Waals surface area contributed by atoms with Gasteiger partial charge in [0.05, 0.1) is 25.7 Å². The van der Waals surface area contributed by atoms with Crippen LogP contribution in [-0.4, -0.2) is 43.2 Å². The summed E-state index contributed by atoms with van der Waals surface area (Å²) in [6, 6.07) is 14.6. The minimum atomic E-state index is -3.65. The van der Waals surface area contributed by atoms with Crippen LogP contribution in [0.5, 0.6) is 0 Å². The van der Waals surface area contributed by atoms with Crippen LogP contribution in [0, 0.1) is 0 Å². The highest BCUT2D eigenvalue weighted by atomic mass is 35.5. The molecule has 2 rings (SSSR count). The summed E-state index contributed by atoms with van der Waals surface area (Å²) in [5.41, 5.74) is 2.18. The highest BCUT2D eigenvalue weighted by Crippen LogP contribution is 2.21. The van der Waals surface area contributed by atoms with Gasteiger partial charge in [-0.05, 0) is 24.3 Å². The number of benzene rings is 2. The zero-order chi connectivity index (χ0) is 18.6. The van der Waals surface area contributed by atoms with Crippen molar-refractivity contribution in [2.24, 2.45) is 0 Å². The van der Waals surface area contributed by atoms with E-state index in [1.807, 2.05) is 57.4 Å². The van der Waals surface area contributed by atoms with Crippen molar-refractivity contribution in [3.8, 4) is 0 Å². The lowest BCUT2D eigenvalue weighted by atomic mass is 10.1. The molecule has 0 saturated carbocycles. The van der Waals surface area contributed by atoms with Crippen LogP contribution in [0.25, 0.3) is 0 Å². The molecule has 2 N–H and O–H groups in total. The second-order valence-electron chi connectivity index (χ2n) is 6.40. The van der Waals surface area contributed by atoms with E-state index in [4.69, 9.17) is 11.6 Å². The van der Waals surface area contributed by atoms with E-state index in [1.54, 1.807) is 18.2 Å². The lowest BCUT2D eigenvalue weighted by Gasteiger charge is -2.23. The van der Waals surface area contributed by atoms with Crippen molar-refractivity contribution in [3.05, 3.63) is 59.1 Å². The normalized spacial score (nSPS) is 13.0. The molecular formula is C18H25ClN3O2S+. The monoisotopic (exact) mass is 382 g/mol. The summed E-state index contributed by atoms with van der Waals surface area (Å²) in [7, 11) is 4.34. The summed E-state index contributed by atoms with van der Waals surface area (Å²) in [5, 5.41) is 0.221. The van der Waals surface area contributed by atoms with Gasteiger partial charge >= 0.3 is 0 Å². The number of anilines is 1. The van der Waals surface area contributed by atoms with Gasteiger partial charge in [0.25, 0.3) is 0 Å². The van der Waals surface area contributed by atoms with E-state index >= 15 is 0 Å². The van der Waals surface area contributed by atoms with E-state index in [-0.39, 0.29) is 22.5 Å². The van der Waals surface area contributed by atoms with Crippen LogP contribution >= 0.6 is 11.6 Å². The lowest BCUT2D eigenvalue weighted by Crippen LogP contribution is -3.07. The van der Waals surface area contributed by atoms with Crippen LogP contribution in [0.15, 0.2) is 53.4 Å². The second kappa shape index (κ2) is 8.19. The second-order valence-corrected chi connectivity index (χ2v) is 8.54. The third kappa shape index (κ3) is 4.95. The average molecular weight is 383 g/mol. The number of nitrogens with one attached hydrogen (secondary N) is 2. The molecule has 0 radical (unpaired) electrons. The Kier molecular flexibility index (Phi) is 6.46. The van der Waals surface area contributed by atoms with E-state index in [9.17, 15) is 8.42 Å². The summed E-state index contributed by atoms with van der Waals surface area (Å²) in [6.45, 7) is 0.289. The maximum Gasteiger partial charge on any atom is 0.242 e. The highest BCUT2D eigenvalue weighted by molar-refractivity contribution is 7.89. The van der Waals surface area contributed by atoms with Gasteiger partial charge in [-0.1, -0.05) is 35.9 Å². The summed E-state index contributed by atoms with van der Waals surface area (Å²) < 4.78 is 27.8. The Labute approximate surface area is 155 Å². The van der Waals surface area contributed by atoms with Gasteiger partial charge in [0.1, 0.15) is 10.9 Å². The molecule has 0 fully saturated rings. The zero-order valence-electron chi connectivity index (χ0n) is 15.0. The third-order valence-corrected chi connectivity index (χ3v) is 6.04. The van der Waals surface area contributed by atoms with Crippen molar-refractivity contribution < 1.29 is 13.3 Å². The first kappa shape index (κ1) is 19.7. The zero-order valence-corrected chi connectivity index (χ0v) is 16.5. The van der Waals surface area contributed by atoms with Crippen LogP contribution < -0.4 is 14.5 Å². The molecule has 0 aliphatic rings. The minimum absolute atomic E-state index is 0.00604. The van der Waals surface area contributed by atoms with Crippen molar-refractivity contribution >= 4 is 27.3 Å². The fourth-order valence-corrected chi connectivity index (χ4v) is 4.16. The van der Waals surface area contributed by atoms with Gasteiger partial charge in [0.15, 0.2) is 0 Å². The van der Waals surface area contributed by atoms with Gasteiger partial charge in [-0.25, -0.2) is 13.1 Å². The summed E-state index contributed by atoms with van der Waals surface area (Å²) in [5.74, 6) is 0. The molecule has 136 valence electrons. The molecule has 0 unspecified atom stereocenters. The molecule has 0 amide bonds. The predicted octanol–water partition coefficient (Wildman–Crippen LogP) is 1.57. The first-order valence-corrected chi connectivity index (χ1v) is 9.90. The number of nitrogens with zero attached hydrogens (tertiary/aromatic N) is 1. The van der Waals surface area contributed by atoms with E-state index in [2.05, 4.69) is 4.72 Å². The molecular weight excluding hydrogens is 358 g/mol. The molecule has 5 nitrogen and oxygen atoms in total. The summed E-state index contributed by atoms with van der Waals surface area (Å²) in [6.07, 6.45) is 0. The number of rotatable bonds is 7. The van der Waals surface area contributed by atoms with Crippen molar-refractivity contribution in [2.75, 3.05) is 39.6 Å². The molecule has 0 heterocycles. The van der Waals surface area contributed by atoms with Crippen molar-refractivity contribution in [1.82, 2.24) is 4.72 Å². The minimum Gasteiger partial charge on any atom is -0.378 e. The predicted molar refractivity (Wildman–Crippen MR) is 103 cm³/mol. The molecule has 2 aromatic rings. The number of hydrogen-bond acceptors (Lipinski definition) is 3. The van der Waals surface area contributed by atoms with Crippen LogP contribution in [0.1, 0.15) is 11.6 Å². The third-order valence-electron chi connectivity index (χ3n) is 4.11. The molecule has 0 aliphatic heterocycles. The smallest absolute Gasteiger partial charge is 0.242 e. The first-order valence-electron chi connectivity index (χ1n) is 8.04. The van der Waals surface area contributed by atoms with Gasteiger partial charge < -0.3 is 9.80 Å². The first-order chi connectivity index (χ1) is 11.7. The van der Waals surface area contributed by atoms with Crippen LogP contribution in [-0.2, 0) is 10.0 Å². The Balaban J connectivity index is 2.18. The Morgan fingerprint density at radius 3 is 2.20 bits per heavy atom. The molecule has 0 aliphatic carbocycles. The van der Waals surface area contributed by atoms with Gasteiger partial charge in [0.2, 0.25) is 10.0 Å². The maximum atomic E-state index is 12.5. The Hall–Kier alpha value is -1.60. The largest absolute Gasteiger partial charge is 0.378 e. The highest BCUT2D eigenvalue weighted by Gasteiger charge is 2.23. The fraction of sp³-hybridized carbons (Fsp3) is 0.333. The summed E-state index contributed by atoms with van der Waals surface area (Å²) >= 11 is 6.02. The number of likely N-dealkylation sites (N-methyl/N-ethyl adjacent to an activating group) is 1. The molecule has 7 heteroatoms. The molecule has 25 heavy (non-hydrogen) atoms. The van der Waals surface area contributed by atoms with Gasteiger partial charge in [0, 0.05) is 25.3 Å². The maximum absolute atomic E-state index is 12.5. The van der Waals surface area contributed by atoms with E-state index in [1.165, 1.54) is 6.07 Å². The molecule has 1 atom stereocenters. The Morgan fingerprint density at radius 2 is 1.68 bits per heavy atom. The van der Waals surface area contributed by atoms with Crippen LogP contribution in [0.3, 0.4) is 0 Å². The van der Waals surface area contributed by atoms with Crippen molar-refractivity contribution in [1.29, 1.82) is 0 Å². The van der Waals surface area contributed by atoms with E-state index in [0.717, 1.165) is 16.2 Å². The van der Waals surface area contributed by atoms with Crippen LogP contribution in [0.4, 0.5) is 5.69 Å². The molecule has 0 aromatic heterocycles.